The van der Waals surface area contributed by atoms with Crippen molar-refractivity contribution in [3.63, 3.8) is 0 Å². The summed E-state index contributed by atoms with van der Waals surface area (Å²) in [5.74, 6) is -0.728. The summed E-state index contributed by atoms with van der Waals surface area (Å²) in [6, 6.07) is 6.66. The predicted molar refractivity (Wildman–Crippen MR) is 177 cm³/mol. The molecule has 1 atom stereocenters. The van der Waals surface area contributed by atoms with Crippen molar-refractivity contribution in [2.24, 2.45) is 7.05 Å². The lowest BCUT2D eigenvalue weighted by Crippen LogP contribution is -2.41. The molecule has 1 amide bonds. The minimum Gasteiger partial charge on any atom is -0.392 e. The van der Waals surface area contributed by atoms with Gasteiger partial charge >= 0.3 is 0 Å². The first kappa shape index (κ1) is 30.8. The molecule has 3 aromatic rings. The number of carbonyl (C=O) groups is 1. The van der Waals surface area contributed by atoms with Crippen LogP contribution in [-0.4, -0.2) is 51.2 Å². The Morgan fingerprint density at radius 1 is 1.07 bits per heavy atom. The maximum atomic E-state index is 15.3. The van der Waals surface area contributed by atoms with Crippen LogP contribution in [0.3, 0.4) is 0 Å². The van der Waals surface area contributed by atoms with Crippen LogP contribution >= 0.6 is 0 Å². The molecule has 236 valence electrons. The second-order valence-electron chi connectivity index (χ2n) is 12.4. The normalized spacial score (nSPS) is 18.9. The van der Waals surface area contributed by atoms with E-state index in [0.717, 1.165) is 45.1 Å². The van der Waals surface area contributed by atoms with E-state index in [-0.39, 0.29) is 17.2 Å². The Kier molecular flexibility index (Phi) is 8.66. The molecule has 45 heavy (non-hydrogen) atoms. The fourth-order valence-corrected chi connectivity index (χ4v) is 7.25. The second kappa shape index (κ2) is 12.7. The number of halogens is 1. The van der Waals surface area contributed by atoms with Crippen molar-refractivity contribution in [2.45, 2.75) is 64.6 Å². The van der Waals surface area contributed by atoms with Gasteiger partial charge in [0.05, 0.1) is 12.3 Å². The van der Waals surface area contributed by atoms with Crippen molar-refractivity contribution in [1.82, 2.24) is 14.0 Å². The molecule has 4 heterocycles. The van der Waals surface area contributed by atoms with Gasteiger partial charge in [0.2, 0.25) is 0 Å². The SMILES string of the molecule is C=C(/C=C\C(=C/C)C1CCCN1C)Nc1cc(-c2cc(F)cc(N3CCn4c(cc5c4CCCC5)C3=O)c2CO)cn(C)c1=O. The standard InChI is InChI=1S/C36H42FN5O3/c1-5-24(31-11-8-14-39(31)3)13-12-23(2)38-30-17-26(21-40(4)35(30)44)28-19-27(37)20-33(29(28)22-43)42-16-15-41-32-10-7-6-9-25(32)18-34(41)36(42)45/h5,12-13,17-21,31,38,43H,2,6-11,14-16,22H2,1,3-4H3/b13-12-,24-5+. The minimum absolute atomic E-state index is 0.197. The molecule has 6 rings (SSSR count). The molecule has 0 radical (unpaired) electrons. The van der Waals surface area contributed by atoms with E-state index in [1.54, 1.807) is 24.2 Å². The lowest BCUT2D eigenvalue weighted by molar-refractivity contribution is 0.0964. The summed E-state index contributed by atoms with van der Waals surface area (Å²) in [5.41, 5.74) is 6.53. The number of likely N-dealkylation sites (tertiary alicyclic amines) is 1. The molecule has 2 aromatic heterocycles. The number of nitrogens with zero attached hydrogens (tertiary/aromatic N) is 4. The molecular weight excluding hydrogens is 569 g/mol. The van der Waals surface area contributed by atoms with Gasteiger partial charge in [-0.05, 0) is 106 Å². The van der Waals surface area contributed by atoms with Gasteiger partial charge < -0.3 is 24.5 Å². The van der Waals surface area contributed by atoms with Crippen LogP contribution < -0.4 is 15.8 Å². The van der Waals surface area contributed by atoms with E-state index in [9.17, 15) is 14.7 Å². The Bertz CT molecular complexity index is 1780. The molecule has 8 nitrogen and oxygen atoms in total. The van der Waals surface area contributed by atoms with Crippen LogP contribution in [0.25, 0.3) is 11.1 Å². The number of aliphatic hydroxyl groups excluding tert-OH is 1. The number of hydrogen-bond donors (Lipinski definition) is 2. The summed E-state index contributed by atoms with van der Waals surface area (Å²) in [4.78, 5) is 30.9. The Morgan fingerprint density at radius 3 is 2.60 bits per heavy atom. The number of aromatic nitrogens is 2. The highest BCUT2D eigenvalue weighted by Crippen LogP contribution is 2.36. The fraction of sp³-hybridized carbons (Fsp3) is 0.389. The van der Waals surface area contributed by atoms with Gasteiger partial charge in [-0.15, -0.1) is 0 Å². The molecule has 1 saturated heterocycles. The highest BCUT2D eigenvalue weighted by atomic mass is 19.1. The van der Waals surface area contributed by atoms with E-state index in [0.29, 0.717) is 52.9 Å². The first-order chi connectivity index (χ1) is 21.7. The number of hydrogen-bond acceptors (Lipinski definition) is 5. The Balaban J connectivity index is 1.31. The largest absolute Gasteiger partial charge is 0.392 e. The summed E-state index contributed by atoms with van der Waals surface area (Å²) < 4.78 is 18.8. The maximum Gasteiger partial charge on any atom is 0.274 e. The third-order valence-electron chi connectivity index (χ3n) is 9.56. The Morgan fingerprint density at radius 2 is 1.87 bits per heavy atom. The topological polar surface area (TPSA) is 82.7 Å². The average molecular weight is 612 g/mol. The number of nitrogens with one attached hydrogen (secondary N) is 1. The number of amides is 1. The summed E-state index contributed by atoms with van der Waals surface area (Å²) in [6.45, 7) is 7.79. The number of anilines is 2. The van der Waals surface area contributed by atoms with Gasteiger partial charge in [-0.1, -0.05) is 18.7 Å². The lowest BCUT2D eigenvalue weighted by atomic mass is 9.97. The molecule has 1 aromatic carbocycles. The van der Waals surface area contributed by atoms with E-state index in [2.05, 4.69) is 34.5 Å². The number of rotatable bonds is 8. The quantitative estimate of drug-likeness (QED) is 0.327. The summed E-state index contributed by atoms with van der Waals surface area (Å²) >= 11 is 0. The minimum atomic E-state index is -0.531. The lowest BCUT2D eigenvalue weighted by Gasteiger charge is -2.31. The van der Waals surface area contributed by atoms with Crippen molar-refractivity contribution < 1.29 is 14.3 Å². The molecular formula is C36H42FN5O3. The zero-order chi connectivity index (χ0) is 31.8. The van der Waals surface area contributed by atoms with Gasteiger partial charge in [0, 0.05) is 54.9 Å². The van der Waals surface area contributed by atoms with Crippen molar-refractivity contribution in [3.8, 4) is 11.1 Å². The zero-order valence-electron chi connectivity index (χ0n) is 26.4. The fourth-order valence-electron chi connectivity index (χ4n) is 7.25. The van der Waals surface area contributed by atoms with Crippen LogP contribution in [0.5, 0.6) is 0 Å². The summed E-state index contributed by atoms with van der Waals surface area (Å²) in [7, 11) is 3.76. The zero-order valence-corrected chi connectivity index (χ0v) is 26.4. The number of likely N-dealkylation sites (N-methyl/N-ethyl adjacent to an activating group) is 1. The molecule has 0 spiro atoms. The first-order valence-corrected chi connectivity index (χ1v) is 15.9. The highest BCUT2D eigenvalue weighted by molar-refractivity contribution is 6.07. The van der Waals surface area contributed by atoms with E-state index >= 15 is 4.39 Å². The molecule has 2 N–H and O–H groups in total. The molecule has 3 aliphatic rings. The second-order valence-corrected chi connectivity index (χ2v) is 12.4. The molecule has 1 unspecified atom stereocenters. The van der Waals surface area contributed by atoms with Crippen LogP contribution in [0.4, 0.5) is 15.8 Å². The van der Waals surface area contributed by atoms with Gasteiger partial charge in [0.1, 0.15) is 17.2 Å². The monoisotopic (exact) mass is 611 g/mol. The van der Waals surface area contributed by atoms with Crippen molar-refractivity contribution in [2.75, 3.05) is 30.4 Å². The van der Waals surface area contributed by atoms with Crippen LogP contribution in [0.15, 0.2) is 71.3 Å². The van der Waals surface area contributed by atoms with Crippen LogP contribution in [0.1, 0.15) is 59.9 Å². The number of carbonyl (C=O) groups excluding carboxylic acids is 1. The molecule has 9 heteroatoms. The molecule has 0 bridgehead atoms. The maximum absolute atomic E-state index is 15.3. The van der Waals surface area contributed by atoms with Gasteiger partial charge in [-0.3, -0.25) is 14.5 Å². The molecule has 1 fully saturated rings. The first-order valence-electron chi connectivity index (χ1n) is 15.9. The van der Waals surface area contributed by atoms with E-state index in [1.165, 1.54) is 33.5 Å². The number of benzene rings is 1. The average Bonchev–Trinajstić information content (AvgIpc) is 3.63. The van der Waals surface area contributed by atoms with Crippen LogP contribution in [-0.2, 0) is 33.0 Å². The number of aryl methyl sites for hydroxylation is 2. The van der Waals surface area contributed by atoms with Gasteiger partial charge in [-0.25, -0.2) is 4.39 Å². The smallest absolute Gasteiger partial charge is 0.274 e. The van der Waals surface area contributed by atoms with E-state index < -0.39 is 12.4 Å². The van der Waals surface area contributed by atoms with Crippen LogP contribution in [0, 0.1) is 5.82 Å². The molecule has 2 aliphatic heterocycles. The predicted octanol–water partition coefficient (Wildman–Crippen LogP) is 5.55. The number of aliphatic hydroxyl groups is 1. The molecule has 0 saturated carbocycles. The summed E-state index contributed by atoms with van der Waals surface area (Å²) in [6.07, 6.45) is 14.0. The third kappa shape index (κ3) is 5.82. The van der Waals surface area contributed by atoms with Gasteiger partial charge in [0.15, 0.2) is 0 Å². The number of pyridine rings is 1. The van der Waals surface area contributed by atoms with Gasteiger partial charge in [-0.2, -0.15) is 0 Å². The van der Waals surface area contributed by atoms with Gasteiger partial charge in [0.25, 0.3) is 11.5 Å². The molecule has 1 aliphatic carbocycles. The van der Waals surface area contributed by atoms with Crippen molar-refractivity contribution in [3.05, 3.63) is 105 Å². The summed E-state index contributed by atoms with van der Waals surface area (Å²) in [5, 5.41) is 13.7. The third-order valence-corrected chi connectivity index (χ3v) is 9.56. The van der Waals surface area contributed by atoms with Crippen molar-refractivity contribution >= 4 is 17.3 Å². The van der Waals surface area contributed by atoms with Crippen LogP contribution in [0.2, 0.25) is 0 Å². The number of fused-ring (bicyclic) bond motifs is 3. The van der Waals surface area contributed by atoms with E-state index in [1.807, 2.05) is 25.1 Å². The highest BCUT2D eigenvalue weighted by Gasteiger charge is 2.32. The van der Waals surface area contributed by atoms with Crippen molar-refractivity contribution in [1.29, 1.82) is 0 Å². The van der Waals surface area contributed by atoms with E-state index in [4.69, 9.17) is 0 Å². The number of allylic oxidation sites excluding steroid dienone is 2. The Hall–Kier alpha value is -4.21. The Labute approximate surface area is 263 Å².